The molecule has 11 nitrogen and oxygen atoms in total. The summed E-state index contributed by atoms with van der Waals surface area (Å²) in [6.45, 7) is 1.20. The summed E-state index contributed by atoms with van der Waals surface area (Å²) in [5.74, 6) is 0. The second-order valence-corrected chi connectivity index (χ2v) is 16.5. The van der Waals surface area contributed by atoms with Crippen LogP contribution in [0.4, 0.5) is 11.4 Å². The van der Waals surface area contributed by atoms with Crippen molar-refractivity contribution in [2.75, 3.05) is 23.5 Å². The van der Waals surface area contributed by atoms with Gasteiger partial charge in [-0.2, -0.15) is 8.42 Å². The lowest BCUT2D eigenvalue weighted by Crippen LogP contribution is -2.12. The van der Waals surface area contributed by atoms with Crippen LogP contribution in [0.5, 0.6) is 0 Å². The third-order valence-corrected chi connectivity index (χ3v) is 11.7. The molecule has 2 heterocycles. The molecule has 55 heavy (non-hydrogen) atoms. The summed E-state index contributed by atoms with van der Waals surface area (Å²) in [6.07, 6.45) is 5.52. The van der Waals surface area contributed by atoms with Gasteiger partial charge in [-0.15, -0.1) is 0 Å². The molecule has 6 aromatic carbocycles. The molecule has 0 amide bonds. The van der Waals surface area contributed by atoms with Gasteiger partial charge in [-0.25, -0.2) is 8.42 Å². The molecule has 0 saturated heterocycles. The molecule has 0 fully saturated rings. The summed E-state index contributed by atoms with van der Waals surface area (Å²) >= 11 is 12.1. The first-order valence-corrected chi connectivity index (χ1v) is 20.7. The molecule has 2 aromatic heterocycles. The van der Waals surface area contributed by atoms with E-state index in [2.05, 4.69) is 14.7 Å². The van der Waals surface area contributed by atoms with E-state index in [4.69, 9.17) is 45.0 Å². The predicted octanol–water partition coefficient (Wildman–Crippen LogP) is 8.27. The molecule has 0 radical (unpaired) electrons. The Morgan fingerprint density at radius 2 is 1.11 bits per heavy atom. The first-order chi connectivity index (χ1) is 26.3. The number of aromatic nitrogens is 2. The average Bonchev–Trinajstić information content (AvgIpc) is 3.75. The van der Waals surface area contributed by atoms with Gasteiger partial charge in [0.25, 0.3) is 20.1 Å². The van der Waals surface area contributed by atoms with Gasteiger partial charge in [0.2, 0.25) is 0 Å². The zero-order chi connectivity index (χ0) is 39.3. The van der Waals surface area contributed by atoms with Crippen molar-refractivity contribution in [3.8, 4) is 0 Å². The standard InChI is InChI=1S/C20H18ClN3O2S.C10H7ClO3S.C10H13N3/c21-19-3-1-2-13-10-16(5-6-17(13)19)27(25,26)24-15-4-7-20-18(11-15)14(8-9-22)12-23-20;11-10-3-1-2-7-6-8(15(12,13)14)4-5-9(7)10;11-4-3-7-6-13-10-2-1-8(12)5-9(7)10/h1-7,10-12,23-24H,8-9,22H2;1-6H,(H,12,13,14);1-2,5-6,13H,3-4,11-12H2. The molecule has 15 heteroatoms. The highest BCUT2D eigenvalue weighted by molar-refractivity contribution is 7.92. The number of sulfonamides is 1. The topological polar surface area (TPSA) is 210 Å². The Bertz CT molecular complexity index is 2880. The quantitative estimate of drug-likeness (QED) is 0.0585. The number of nitrogens with two attached hydrogens (primary N) is 3. The van der Waals surface area contributed by atoms with Crippen LogP contribution >= 0.6 is 23.2 Å². The number of benzene rings is 6. The van der Waals surface area contributed by atoms with E-state index in [1.807, 2.05) is 48.8 Å². The summed E-state index contributed by atoms with van der Waals surface area (Å²) in [5.41, 5.74) is 22.5. The van der Waals surface area contributed by atoms with Crippen molar-refractivity contribution < 1.29 is 21.4 Å². The summed E-state index contributed by atoms with van der Waals surface area (Å²) in [7, 11) is -7.87. The number of aromatic amines is 2. The summed E-state index contributed by atoms with van der Waals surface area (Å²) in [6, 6.07) is 31.1. The Morgan fingerprint density at radius 3 is 1.65 bits per heavy atom. The Morgan fingerprint density at radius 1 is 0.600 bits per heavy atom. The third-order valence-electron chi connectivity index (χ3n) is 8.84. The molecule has 8 rings (SSSR count). The summed E-state index contributed by atoms with van der Waals surface area (Å²) < 4.78 is 59.0. The number of nitrogen functional groups attached to an aromatic ring is 1. The number of hydrogen-bond acceptors (Lipinski definition) is 7. The lowest BCUT2D eigenvalue weighted by Gasteiger charge is -2.10. The molecule has 0 aliphatic rings. The third kappa shape index (κ3) is 9.23. The largest absolute Gasteiger partial charge is 0.399 e. The van der Waals surface area contributed by atoms with E-state index in [1.54, 1.807) is 60.7 Å². The lowest BCUT2D eigenvalue weighted by molar-refractivity contribution is 0.483. The molecule has 284 valence electrons. The minimum atomic E-state index is -4.15. The molecule has 0 saturated carbocycles. The number of rotatable bonds is 8. The van der Waals surface area contributed by atoms with Gasteiger partial charge in [0, 0.05) is 66.4 Å². The first kappa shape index (κ1) is 39.6. The van der Waals surface area contributed by atoms with Gasteiger partial charge in [-0.05, 0) is 121 Å². The van der Waals surface area contributed by atoms with Crippen molar-refractivity contribution in [2.24, 2.45) is 11.5 Å². The van der Waals surface area contributed by atoms with Crippen LogP contribution in [0.3, 0.4) is 0 Å². The Labute approximate surface area is 328 Å². The van der Waals surface area contributed by atoms with Gasteiger partial charge in [0.15, 0.2) is 0 Å². The Hall–Kier alpha value is -5.12. The van der Waals surface area contributed by atoms with Gasteiger partial charge in [0.1, 0.15) is 0 Å². The minimum Gasteiger partial charge on any atom is -0.399 e. The van der Waals surface area contributed by atoms with Crippen LogP contribution in [-0.2, 0) is 33.0 Å². The van der Waals surface area contributed by atoms with Gasteiger partial charge in [-0.3, -0.25) is 9.27 Å². The van der Waals surface area contributed by atoms with Crippen molar-refractivity contribution in [1.29, 1.82) is 0 Å². The fourth-order valence-electron chi connectivity index (χ4n) is 6.15. The van der Waals surface area contributed by atoms with E-state index < -0.39 is 20.1 Å². The van der Waals surface area contributed by atoms with E-state index in [0.29, 0.717) is 34.2 Å². The van der Waals surface area contributed by atoms with Crippen molar-refractivity contribution in [1.82, 2.24) is 9.97 Å². The van der Waals surface area contributed by atoms with Crippen LogP contribution in [0.15, 0.2) is 131 Å². The SMILES string of the molecule is NCCc1c[nH]c2ccc(N)cc12.NCCc1c[nH]c2ccc(NS(=O)(=O)c3ccc4c(Cl)cccc4c3)cc12.O=S(=O)(O)c1ccc2c(Cl)cccc2c1. The van der Waals surface area contributed by atoms with Gasteiger partial charge in [0.05, 0.1) is 9.79 Å². The smallest absolute Gasteiger partial charge is 0.294 e. The van der Waals surface area contributed by atoms with Crippen LogP contribution in [0.1, 0.15) is 11.1 Å². The van der Waals surface area contributed by atoms with E-state index in [-0.39, 0.29) is 9.79 Å². The van der Waals surface area contributed by atoms with E-state index >= 15 is 0 Å². The molecule has 10 N–H and O–H groups in total. The molecule has 0 aliphatic heterocycles. The second-order valence-electron chi connectivity index (χ2n) is 12.6. The number of fused-ring (bicyclic) bond motifs is 4. The molecule has 0 bridgehead atoms. The number of halogens is 2. The zero-order valence-corrected chi connectivity index (χ0v) is 32.4. The molecule has 0 aliphatic carbocycles. The molecule has 0 spiro atoms. The predicted molar refractivity (Wildman–Crippen MR) is 225 cm³/mol. The zero-order valence-electron chi connectivity index (χ0n) is 29.3. The van der Waals surface area contributed by atoms with Crippen LogP contribution in [0, 0.1) is 0 Å². The average molecular weight is 818 g/mol. The summed E-state index contributed by atoms with van der Waals surface area (Å²) in [4.78, 5) is 6.42. The second kappa shape index (κ2) is 16.7. The van der Waals surface area contributed by atoms with Crippen molar-refractivity contribution in [3.63, 3.8) is 0 Å². The molecule has 0 atom stereocenters. The normalized spacial score (nSPS) is 11.7. The Kier molecular flexibility index (Phi) is 12.0. The number of nitrogens with one attached hydrogen (secondary N) is 3. The number of hydrogen-bond donors (Lipinski definition) is 7. The highest BCUT2D eigenvalue weighted by Gasteiger charge is 2.16. The number of anilines is 2. The fraction of sp³-hybridized carbons (Fsp3) is 0.100. The maximum absolute atomic E-state index is 12.8. The van der Waals surface area contributed by atoms with Crippen molar-refractivity contribution >= 4 is 98.1 Å². The maximum atomic E-state index is 12.8. The van der Waals surface area contributed by atoms with Gasteiger partial charge >= 0.3 is 0 Å². The van der Waals surface area contributed by atoms with Crippen LogP contribution in [0.2, 0.25) is 10.0 Å². The van der Waals surface area contributed by atoms with Crippen LogP contribution < -0.4 is 21.9 Å². The Balaban J connectivity index is 0.000000155. The maximum Gasteiger partial charge on any atom is 0.294 e. The van der Waals surface area contributed by atoms with E-state index in [1.165, 1.54) is 23.1 Å². The monoisotopic (exact) mass is 816 g/mol. The molecule has 8 aromatic rings. The first-order valence-electron chi connectivity index (χ1n) is 17.0. The van der Waals surface area contributed by atoms with Crippen molar-refractivity contribution in [2.45, 2.75) is 22.6 Å². The fourth-order valence-corrected chi connectivity index (χ4v) is 8.24. The van der Waals surface area contributed by atoms with E-state index in [0.717, 1.165) is 56.7 Å². The lowest BCUT2D eigenvalue weighted by atomic mass is 10.1. The summed E-state index contributed by atoms with van der Waals surface area (Å²) in [5, 5.41) is 6.32. The van der Waals surface area contributed by atoms with Crippen LogP contribution in [0.25, 0.3) is 43.4 Å². The molecular weight excluding hydrogens is 780 g/mol. The molecule has 0 unspecified atom stereocenters. The highest BCUT2D eigenvalue weighted by atomic mass is 35.5. The van der Waals surface area contributed by atoms with Crippen molar-refractivity contribution in [3.05, 3.63) is 143 Å². The van der Waals surface area contributed by atoms with E-state index in [9.17, 15) is 16.8 Å². The van der Waals surface area contributed by atoms with Gasteiger partial charge in [-0.1, -0.05) is 59.6 Å². The minimum absolute atomic E-state index is 0.128. The molecular formula is C40H38Cl2N6O5S2. The van der Waals surface area contributed by atoms with Crippen LogP contribution in [-0.4, -0.2) is 44.4 Å². The number of H-pyrrole nitrogens is 2. The highest BCUT2D eigenvalue weighted by Crippen LogP contribution is 2.29. The van der Waals surface area contributed by atoms with Gasteiger partial charge < -0.3 is 27.2 Å².